The van der Waals surface area contributed by atoms with Gasteiger partial charge in [-0.3, -0.25) is 4.68 Å². The molecule has 1 N–H and O–H groups in total. The van der Waals surface area contributed by atoms with Gasteiger partial charge in [0.05, 0.1) is 22.8 Å². The average molecular weight is 284 g/mol. The Bertz CT molecular complexity index is 401. The van der Waals surface area contributed by atoms with Gasteiger partial charge in [-0.2, -0.15) is 18.3 Å². The average Bonchev–Trinajstić information content (AvgIpc) is 2.50. The van der Waals surface area contributed by atoms with Crippen molar-refractivity contribution in [2.24, 2.45) is 0 Å². The lowest BCUT2D eigenvalue weighted by molar-refractivity contribution is -0.139. The number of aromatic nitrogens is 2. The standard InChI is InChI=1S/C11H17ClF3N3/c1-4-18-9(10(12)8(3)17-18)6-16-7(2)5-11(13,14)15/h7,16H,4-6H2,1-3H3. The second kappa shape index (κ2) is 5.93. The van der Waals surface area contributed by atoms with Crippen LogP contribution in [0.15, 0.2) is 0 Å². The van der Waals surface area contributed by atoms with Crippen molar-refractivity contribution in [3.63, 3.8) is 0 Å². The Morgan fingerprint density at radius 3 is 2.56 bits per heavy atom. The summed E-state index contributed by atoms with van der Waals surface area (Å²) in [5, 5.41) is 7.54. The van der Waals surface area contributed by atoms with Crippen molar-refractivity contribution in [3.05, 3.63) is 16.4 Å². The Labute approximate surface area is 109 Å². The molecule has 0 spiro atoms. The molecule has 0 radical (unpaired) electrons. The van der Waals surface area contributed by atoms with Crippen molar-refractivity contribution in [2.45, 2.75) is 52.5 Å². The van der Waals surface area contributed by atoms with Gasteiger partial charge in [-0.1, -0.05) is 11.6 Å². The summed E-state index contributed by atoms with van der Waals surface area (Å²) in [6.07, 6.45) is -5.01. The van der Waals surface area contributed by atoms with E-state index in [2.05, 4.69) is 10.4 Å². The number of rotatable bonds is 5. The molecular formula is C11H17ClF3N3. The third kappa shape index (κ3) is 4.17. The maximum Gasteiger partial charge on any atom is 0.390 e. The first-order chi connectivity index (χ1) is 8.24. The smallest absolute Gasteiger partial charge is 0.308 e. The van der Waals surface area contributed by atoms with Crippen LogP contribution in [0, 0.1) is 6.92 Å². The molecule has 7 heteroatoms. The second-order valence-electron chi connectivity index (χ2n) is 4.26. The van der Waals surface area contributed by atoms with Crippen molar-refractivity contribution in [2.75, 3.05) is 0 Å². The van der Waals surface area contributed by atoms with Crippen molar-refractivity contribution < 1.29 is 13.2 Å². The van der Waals surface area contributed by atoms with Crippen LogP contribution in [0.4, 0.5) is 13.2 Å². The predicted molar refractivity (Wildman–Crippen MR) is 64.6 cm³/mol. The molecule has 1 aromatic heterocycles. The van der Waals surface area contributed by atoms with Crippen LogP contribution in [-0.2, 0) is 13.1 Å². The van der Waals surface area contributed by atoms with Gasteiger partial charge in [0.15, 0.2) is 0 Å². The Morgan fingerprint density at radius 2 is 2.06 bits per heavy atom. The minimum atomic E-state index is -4.16. The molecule has 0 bridgehead atoms. The van der Waals surface area contributed by atoms with E-state index >= 15 is 0 Å². The number of hydrogen-bond donors (Lipinski definition) is 1. The Balaban J connectivity index is 2.63. The summed E-state index contributed by atoms with van der Waals surface area (Å²) in [5.74, 6) is 0. The molecule has 0 aliphatic carbocycles. The highest BCUT2D eigenvalue weighted by atomic mass is 35.5. The van der Waals surface area contributed by atoms with Crippen molar-refractivity contribution in [1.82, 2.24) is 15.1 Å². The number of hydrogen-bond acceptors (Lipinski definition) is 2. The van der Waals surface area contributed by atoms with Gasteiger partial charge in [-0.15, -0.1) is 0 Å². The highest BCUT2D eigenvalue weighted by Crippen LogP contribution is 2.23. The molecule has 1 aromatic rings. The van der Waals surface area contributed by atoms with Gasteiger partial charge in [0, 0.05) is 19.1 Å². The molecule has 0 aliphatic rings. The number of aryl methyl sites for hydroxylation is 2. The van der Waals surface area contributed by atoms with E-state index in [0.717, 1.165) is 5.69 Å². The first-order valence-corrected chi connectivity index (χ1v) is 6.14. The summed E-state index contributed by atoms with van der Waals surface area (Å²) in [5.41, 5.74) is 1.42. The van der Waals surface area contributed by atoms with E-state index in [1.807, 2.05) is 6.92 Å². The van der Waals surface area contributed by atoms with Crippen LogP contribution in [0.25, 0.3) is 0 Å². The van der Waals surface area contributed by atoms with E-state index in [1.165, 1.54) is 6.92 Å². The van der Waals surface area contributed by atoms with E-state index < -0.39 is 18.6 Å². The highest BCUT2D eigenvalue weighted by molar-refractivity contribution is 6.31. The van der Waals surface area contributed by atoms with Crippen LogP contribution < -0.4 is 5.32 Å². The maximum atomic E-state index is 12.2. The lowest BCUT2D eigenvalue weighted by Gasteiger charge is -2.16. The first-order valence-electron chi connectivity index (χ1n) is 5.76. The van der Waals surface area contributed by atoms with Gasteiger partial charge >= 0.3 is 6.18 Å². The van der Waals surface area contributed by atoms with Gasteiger partial charge in [0.2, 0.25) is 0 Å². The molecule has 1 atom stereocenters. The Morgan fingerprint density at radius 1 is 1.44 bits per heavy atom. The van der Waals surface area contributed by atoms with E-state index in [1.54, 1.807) is 11.6 Å². The number of nitrogens with zero attached hydrogens (tertiary/aromatic N) is 2. The summed E-state index contributed by atoms with van der Waals surface area (Å²) in [4.78, 5) is 0. The van der Waals surface area contributed by atoms with Gasteiger partial charge < -0.3 is 5.32 Å². The Hall–Kier alpha value is -0.750. The van der Waals surface area contributed by atoms with Gasteiger partial charge in [0.25, 0.3) is 0 Å². The van der Waals surface area contributed by atoms with Gasteiger partial charge in [-0.25, -0.2) is 0 Å². The lowest BCUT2D eigenvalue weighted by atomic mass is 10.2. The van der Waals surface area contributed by atoms with Gasteiger partial charge in [0.1, 0.15) is 0 Å². The fourth-order valence-corrected chi connectivity index (χ4v) is 1.93. The molecule has 18 heavy (non-hydrogen) atoms. The molecular weight excluding hydrogens is 267 g/mol. The fourth-order valence-electron chi connectivity index (χ4n) is 1.73. The van der Waals surface area contributed by atoms with Crippen LogP contribution in [0.3, 0.4) is 0 Å². The number of halogens is 4. The number of alkyl halides is 3. The monoisotopic (exact) mass is 283 g/mol. The molecule has 1 heterocycles. The van der Waals surface area contributed by atoms with Crippen molar-refractivity contribution in [3.8, 4) is 0 Å². The minimum Gasteiger partial charge on any atom is -0.308 e. The normalized spacial score (nSPS) is 13.9. The van der Waals surface area contributed by atoms with Crippen LogP contribution >= 0.6 is 11.6 Å². The highest BCUT2D eigenvalue weighted by Gasteiger charge is 2.29. The fraction of sp³-hybridized carbons (Fsp3) is 0.727. The van der Waals surface area contributed by atoms with Crippen LogP contribution in [0.1, 0.15) is 31.7 Å². The quantitative estimate of drug-likeness (QED) is 0.899. The summed E-state index contributed by atoms with van der Waals surface area (Å²) in [6.45, 7) is 6.10. The molecule has 104 valence electrons. The molecule has 0 saturated heterocycles. The molecule has 0 aliphatic heterocycles. The molecule has 0 fully saturated rings. The molecule has 0 aromatic carbocycles. The van der Waals surface area contributed by atoms with E-state index in [4.69, 9.17) is 11.6 Å². The van der Waals surface area contributed by atoms with Gasteiger partial charge in [-0.05, 0) is 20.8 Å². The molecule has 0 saturated carbocycles. The number of nitrogens with one attached hydrogen (secondary N) is 1. The zero-order valence-electron chi connectivity index (χ0n) is 10.6. The van der Waals surface area contributed by atoms with Crippen LogP contribution in [-0.4, -0.2) is 22.0 Å². The lowest BCUT2D eigenvalue weighted by Crippen LogP contribution is -2.31. The summed E-state index contributed by atoms with van der Waals surface area (Å²) >= 11 is 6.06. The van der Waals surface area contributed by atoms with E-state index in [9.17, 15) is 13.2 Å². The van der Waals surface area contributed by atoms with E-state index in [0.29, 0.717) is 17.3 Å². The molecule has 0 amide bonds. The van der Waals surface area contributed by atoms with E-state index in [-0.39, 0.29) is 6.54 Å². The van der Waals surface area contributed by atoms with Crippen LogP contribution in [0.2, 0.25) is 5.02 Å². The summed E-state index contributed by atoms with van der Waals surface area (Å²) in [7, 11) is 0. The second-order valence-corrected chi connectivity index (χ2v) is 4.64. The zero-order chi connectivity index (χ0) is 13.9. The van der Waals surface area contributed by atoms with Crippen LogP contribution in [0.5, 0.6) is 0 Å². The first kappa shape index (κ1) is 15.3. The SMILES string of the molecule is CCn1nc(C)c(Cl)c1CNC(C)CC(F)(F)F. The topological polar surface area (TPSA) is 29.9 Å². The maximum absolute atomic E-state index is 12.2. The molecule has 1 unspecified atom stereocenters. The zero-order valence-corrected chi connectivity index (χ0v) is 11.4. The third-order valence-corrected chi connectivity index (χ3v) is 3.10. The third-order valence-electron chi connectivity index (χ3n) is 2.61. The largest absolute Gasteiger partial charge is 0.390 e. The molecule has 3 nitrogen and oxygen atoms in total. The minimum absolute atomic E-state index is 0.282. The predicted octanol–water partition coefficient (Wildman–Crippen LogP) is 3.30. The molecule has 1 rings (SSSR count). The van der Waals surface area contributed by atoms with Crippen molar-refractivity contribution in [1.29, 1.82) is 0 Å². The van der Waals surface area contributed by atoms with Crippen molar-refractivity contribution >= 4 is 11.6 Å². The Kier molecular flexibility index (Phi) is 5.04. The summed E-state index contributed by atoms with van der Waals surface area (Å²) in [6, 6.07) is -0.651. The summed E-state index contributed by atoms with van der Waals surface area (Å²) < 4.78 is 38.2.